The number of ether oxygens (including phenoxy) is 1. The Kier molecular flexibility index (Phi) is 8.65. The van der Waals surface area contributed by atoms with Crippen molar-refractivity contribution in [2.75, 3.05) is 7.11 Å². The van der Waals surface area contributed by atoms with Crippen LogP contribution in [0.25, 0.3) is 0 Å². The van der Waals surface area contributed by atoms with E-state index in [1.165, 1.54) is 7.11 Å². The predicted octanol–water partition coefficient (Wildman–Crippen LogP) is -1.10. The van der Waals surface area contributed by atoms with Gasteiger partial charge in [0.05, 0.1) is 7.11 Å². The first-order chi connectivity index (χ1) is 5.08. The number of hydrogen-bond acceptors (Lipinski definition) is 3. The van der Waals surface area contributed by atoms with E-state index in [0.717, 1.165) is 0 Å². The molecule has 0 aromatic heterocycles. The summed E-state index contributed by atoms with van der Waals surface area (Å²) in [5.41, 5.74) is 4.42. The molecule has 0 spiro atoms. The summed E-state index contributed by atoms with van der Waals surface area (Å²) in [4.78, 5) is 19.1. The van der Waals surface area contributed by atoms with Gasteiger partial charge in [0.15, 0.2) is 0 Å². The van der Waals surface area contributed by atoms with Gasteiger partial charge in [-0.05, 0) is 5.92 Å². The molecule has 4 heteroatoms. The first-order valence-electron chi connectivity index (χ1n) is 2.39. The molecule has 0 saturated heterocycles. The molecule has 0 aromatic carbocycles. The number of amides is 1. The third-order valence-corrected chi connectivity index (χ3v) is 0.446. The van der Waals surface area contributed by atoms with Crippen LogP contribution in [0.5, 0.6) is 0 Å². The minimum atomic E-state index is -0.718. The van der Waals surface area contributed by atoms with Crippen molar-refractivity contribution in [3.05, 3.63) is 0 Å². The van der Waals surface area contributed by atoms with Crippen molar-refractivity contribution in [1.29, 1.82) is 0 Å². The van der Waals surface area contributed by atoms with Crippen LogP contribution in [0.3, 0.4) is 0 Å². The van der Waals surface area contributed by atoms with Crippen molar-refractivity contribution < 1.29 is 14.3 Å². The average Bonchev–Trinajstić information content (AvgIpc) is 2.04. The maximum atomic E-state index is 9.72. The fourth-order valence-corrected chi connectivity index (χ4v) is 0.0589. The van der Waals surface area contributed by atoms with E-state index in [4.69, 9.17) is 0 Å². The highest BCUT2D eigenvalue weighted by molar-refractivity contribution is 5.91. The molecule has 0 bridgehead atoms. The summed E-state index contributed by atoms with van der Waals surface area (Å²) in [5, 5.41) is 0. The van der Waals surface area contributed by atoms with Crippen molar-refractivity contribution in [3.63, 3.8) is 0 Å². The summed E-state index contributed by atoms with van der Waals surface area (Å²) in [6.45, 7) is 0. The molecular formula is C7H7NO3. The number of esters is 1. The molecule has 0 aliphatic carbocycles. The Balaban J connectivity index is 0. The molecule has 58 valence electrons. The smallest absolute Gasteiger partial charge is 0.383 e. The van der Waals surface area contributed by atoms with Crippen LogP contribution in [0, 0.1) is 24.7 Å². The second kappa shape index (κ2) is 8.06. The Bertz CT molecular complexity index is 219. The van der Waals surface area contributed by atoms with Crippen LogP contribution in [-0.2, 0) is 14.3 Å². The molecule has 1 amide bonds. The van der Waals surface area contributed by atoms with Crippen LogP contribution in [0.15, 0.2) is 0 Å². The van der Waals surface area contributed by atoms with E-state index in [1.54, 1.807) is 11.8 Å². The lowest BCUT2D eigenvalue weighted by Crippen LogP contribution is -2.05. The molecule has 0 aromatic rings. The Morgan fingerprint density at radius 3 is 1.73 bits per heavy atom. The number of rotatable bonds is 0. The van der Waals surface area contributed by atoms with Crippen LogP contribution >= 0.6 is 0 Å². The van der Waals surface area contributed by atoms with Crippen molar-refractivity contribution in [1.82, 2.24) is 0 Å². The third kappa shape index (κ3) is 18.0. The van der Waals surface area contributed by atoms with Crippen LogP contribution in [0.2, 0.25) is 0 Å². The summed E-state index contributed by atoms with van der Waals surface area (Å²) in [6, 6.07) is 0. The van der Waals surface area contributed by atoms with Gasteiger partial charge in [-0.15, -0.1) is 12.8 Å². The molecule has 0 atom stereocenters. The zero-order valence-corrected chi connectivity index (χ0v) is 5.96. The number of nitrogens with two attached hydrogens (primary N) is 1. The maximum absolute atomic E-state index is 9.72. The SMILES string of the molecule is C#CC(=O)OC.C#CC(N)=O. The number of carbonyl (C=O) groups excluding carboxylic acids is 2. The Morgan fingerprint density at radius 2 is 1.73 bits per heavy atom. The monoisotopic (exact) mass is 153 g/mol. The molecule has 0 radical (unpaired) electrons. The molecule has 0 aliphatic rings. The first-order valence-corrected chi connectivity index (χ1v) is 2.39. The summed E-state index contributed by atoms with van der Waals surface area (Å²) < 4.78 is 4.02. The molecule has 0 unspecified atom stereocenters. The van der Waals surface area contributed by atoms with E-state index < -0.39 is 11.9 Å². The van der Waals surface area contributed by atoms with Gasteiger partial charge in [-0.1, -0.05) is 0 Å². The molecule has 0 aliphatic heterocycles. The molecule has 0 heterocycles. The second-order valence-electron chi connectivity index (χ2n) is 1.14. The van der Waals surface area contributed by atoms with Crippen LogP contribution in [0.4, 0.5) is 0 Å². The molecule has 0 rings (SSSR count). The van der Waals surface area contributed by atoms with Crippen molar-refractivity contribution in [2.24, 2.45) is 5.73 Å². The minimum absolute atomic E-state index is 0.630. The van der Waals surface area contributed by atoms with Crippen molar-refractivity contribution in [2.45, 2.75) is 0 Å². The Labute approximate surface area is 64.7 Å². The quantitative estimate of drug-likeness (QED) is 0.273. The Morgan fingerprint density at radius 1 is 1.36 bits per heavy atom. The summed E-state index contributed by atoms with van der Waals surface area (Å²) in [7, 11) is 1.24. The van der Waals surface area contributed by atoms with Gasteiger partial charge in [0.1, 0.15) is 0 Å². The lowest BCUT2D eigenvalue weighted by atomic mass is 10.7. The fourth-order valence-electron chi connectivity index (χ4n) is 0.0589. The van der Waals surface area contributed by atoms with Gasteiger partial charge in [0.2, 0.25) is 0 Å². The van der Waals surface area contributed by atoms with E-state index in [0.29, 0.717) is 0 Å². The van der Waals surface area contributed by atoms with Crippen LogP contribution in [0.1, 0.15) is 0 Å². The second-order valence-corrected chi connectivity index (χ2v) is 1.14. The summed E-state index contributed by atoms with van der Waals surface area (Å²) in [6.07, 6.45) is 9.00. The topological polar surface area (TPSA) is 69.4 Å². The van der Waals surface area contributed by atoms with Crippen molar-refractivity contribution in [3.8, 4) is 24.7 Å². The van der Waals surface area contributed by atoms with Gasteiger partial charge in [-0.3, -0.25) is 4.79 Å². The van der Waals surface area contributed by atoms with Crippen LogP contribution < -0.4 is 5.73 Å². The van der Waals surface area contributed by atoms with Gasteiger partial charge in [0, 0.05) is 5.92 Å². The largest absolute Gasteiger partial charge is 0.459 e. The standard InChI is InChI=1S/C4H4O2.C3H3NO/c1-3-4(5)6-2;1-2-3(4)5/h1H,2H3;1H,(H2,4,5). The number of methoxy groups -OCH3 is 1. The Hall–Kier alpha value is -1.94. The van der Waals surface area contributed by atoms with E-state index in [2.05, 4.69) is 23.3 Å². The summed E-state index contributed by atoms with van der Waals surface area (Å²) >= 11 is 0. The van der Waals surface area contributed by atoms with Gasteiger partial charge < -0.3 is 10.5 Å². The molecule has 4 nitrogen and oxygen atoms in total. The van der Waals surface area contributed by atoms with Gasteiger partial charge in [0.25, 0.3) is 5.91 Å². The van der Waals surface area contributed by atoms with E-state index >= 15 is 0 Å². The molecule has 11 heavy (non-hydrogen) atoms. The number of hydrogen-bond donors (Lipinski definition) is 1. The van der Waals surface area contributed by atoms with E-state index in [-0.39, 0.29) is 0 Å². The fraction of sp³-hybridized carbons (Fsp3) is 0.143. The first kappa shape index (κ1) is 11.8. The van der Waals surface area contributed by atoms with E-state index in [1.807, 2.05) is 0 Å². The highest BCUT2D eigenvalue weighted by Crippen LogP contribution is 1.61. The summed E-state index contributed by atoms with van der Waals surface area (Å²) in [5.74, 6) is 2.07. The van der Waals surface area contributed by atoms with E-state index in [9.17, 15) is 9.59 Å². The average molecular weight is 153 g/mol. The lowest BCUT2D eigenvalue weighted by molar-refractivity contribution is -0.133. The highest BCUT2D eigenvalue weighted by Gasteiger charge is 1.82. The molecule has 0 saturated carbocycles. The zero-order chi connectivity index (χ0) is 9.28. The third-order valence-electron chi connectivity index (χ3n) is 0.446. The molecular weight excluding hydrogens is 146 g/mol. The predicted molar refractivity (Wildman–Crippen MR) is 38.9 cm³/mol. The molecule has 0 fully saturated rings. The highest BCUT2D eigenvalue weighted by atomic mass is 16.5. The number of carbonyl (C=O) groups is 2. The van der Waals surface area contributed by atoms with Gasteiger partial charge >= 0.3 is 5.97 Å². The van der Waals surface area contributed by atoms with Gasteiger partial charge in [-0.25, -0.2) is 4.79 Å². The van der Waals surface area contributed by atoms with Crippen molar-refractivity contribution >= 4 is 11.9 Å². The van der Waals surface area contributed by atoms with Gasteiger partial charge in [-0.2, -0.15) is 0 Å². The normalized spacial score (nSPS) is 5.73. The molecule has 2 N–H and O–H groups in total. The zero-order valence-electron chi connectivity index (χ0n) is 5.96. The number of primary amides is 1. The minimum Gasteiger partial charge on any atom is -0.459 e. The number of terminal acetylenes is 2. The maximum Gasteiger partial charge on any atom is 0.383 e. The lowest BCUT2D eigenvalue weighted by Gasteiger charge is -1.80. The van der Waals surface area contributed by atoms with Crippen LogP contribution in [-0.4, -0.2) is 19.0 Å².